The number of hydrogen-bond donors (Lipinski definition) is 3. The number of allylic oxidation sites excluding steroid dienone is 1. The van der Waals surface area contributed by atoms with E-state index in [0.29, 0.717) is 23.7 Å². The zero-order chi connectivity index (χ0) is 31.3. The topological polar surface area (TPSA) is 191 Å². The fourth-order valence-electron chi connectivity index (χ4n) is 9.41. The summed E-state index contributed by atoms with van der Waals surface area (Å²) in [5.41, 5.74) is 0.659. The van der Waals surface area contributed by atoms with Crippen molar-refractivity contribution in [3.8, 4) is 0 Å². The average Bonchev–Trinajstić information content (AvgIpc) is 3.18. The summed E-state index contributed by atoms with van der Waals surface area (Å²) in [6, 6.07) is 0. The highest BCUT2D eigenvalue weighted by Crippen LogP contribution is 2.67. The SMILES string of the molecule is CC(CCC[C@@H](C)[C@H]1CC[C@H]2[C@@H]3CC=C4CC(OS(=O)(=O)O)C(OS(=O)(=O)O)C[C@]4(C)[C@H]3CC[C@]12C)COS(=O)(=O)O. The fraction of sp³-hybridized carbons (Fsp3) is 0.926. The van der Waals surface area contributed by atoms with Gasteiger partial charge in [-0.25, -0.2) is 12.5 Å². The lowest BCUT2D eigenvalue weighted by molar-refractivity contribution is -0.0793. The van der Waals surface area contributed by atoms with Gasteiger partial charge in [0.15, 0.2) is 0 Å². The molecular weight excluding hydrogens is 612 g/mol. The van der Waals surface area contributed by atoms with Crippen LogP contribution in [0.3, 0.4) is 0 Å². The van der Waals surface area contributed by atoms with E-state index in [-0.39, 0.29) is 36.7 Å². The zero-order valence-corrected chi connectivity index (χ0v) is 27.2. The van der Waals surface area contributed by atoms with Gasteiger partial charge in [-0.05, 0) is 97.7 Å². The number of hydrogen-bond acceptors (Lipinski definition) is 9. The molecule has 0 heterocycles. The summed E-state index contributed by atoms with van der Waals surface area (Å²) in [6.07, 6.45) is 7.59. The van der Waals surface area contributed by atoms with E-state index in [1.807, 2.05) is 6.92 Å². The van der Waals surface area contributed by atoms with Crippen molar-refractivity contribution in [3.05, 3.63) is 11.6 Å². The molecule has 0 radical (unpaired) electrons. The molecule has 0 aromatic heterocycles. The van der Waals surface area contributed by atoms with Crippen LogP contribution in [-0.4, -0.2) is 57.7 Å². The van der Waals surface area contributed by atoms with Crippen LogP contribution in [-0.2, 0) is 43.7 Å². The van der Waals surface area contributed by atoms with Gasteiger partial charge in [0.25, 0.3) is 0 Å². The molecule has 15 heteroatoms. The van der Waals surface area contributed by atoms with E-state index in [1.54, 1.807) is 0 Å². The molecule has 4 rings (SSSR count). The lowest BCUT2D eigenvalue weighted by Gasteiger charge is -2.59. The summed E-state index contributed by atoms with van der Waals surface area (Å²) in [6.45, 7) is 8.66. The van der Waals surface area contributed by atoms with Gasteiger partial charge < -0.3 is 0 Å². The first-order valence-corrected chi connectivity index (χ1v) is 18.9. The highest BCUT2D eigenvalue weighted by atomic mass is 32.3. The van der Waals surface area contributed by atoms with Crippen LogP contribution < -0.4 is 0 Å². The summed E-state index contributed by atoms with van der Waals surface area (Å²) < 4.78 is 110. The van der Waals surface area contributed by atoms with E-state index in [2.05, 4.69) is 31.0 Å². The third-order valence-corrected chi connectivity index (χ3v) is 12.6. The van der Waals surface area contributed by atoms with Crippen LogP contribution in [0.2, 0.25) is 0 Å². The van der Waals surface area contributed by atoms with Gasteiger partial charge in [0.1, 0.15) is 12.2 Å². The second-order valence-corrected chi connectivity index (χ2v) is 16.9. The van der Waals surface area contributed by atoms with Crippen LogP contribution in [0.4, 0.5) is 0 Å². The van der Waals surface area contributed by atoms with E-state index in [0.717, 1.165) is 56.9 Å². The molecule has 244 valence electrons. The van der Waals surface area contributed by atoms with Crippen molar-refractivity contribution in [1.82, 2.24) is 0 Å². The number of rotatable bonds is 12. The molecule has 0 aromatic carbocycles. The maximum atomic E-state index is 11.6. The van der Waals surface area contributed by atoms with Crippen molar-refractivity contribution in [2.24, 2.45) is 46.3 Å². The van der Waals surface area contributed by atoms with Crippen LogP contribution in [0.25, 0.3) is 0 Å². The van der Waals surface area contributed by atoms with Crippen LogP contribution in [0.15, 0.2) is 11.6 Å². The molecule has 10 atom stereocenters. The Bertz CT molecular complexity index is 1340. The van der Waals surface area contributed by atoms with Crippen LogP contribution >= 0.6 is 0 Å². The summed E-state index contributed by atoms with van der Waals surface area (Å²) in [7, 11) is -14.2. The van der Waals surface area contributed by atoms with Gasteiger partial charge >= 0.3 is 31.2 Å². The van der Waals surface area contributed by atoms with Crippen molar-refractivity contribution in [3.63, 3.8) is 0 Å². The third kappa shape index (κ3) is 7.76. The third-order valence-electron chi connectivity index (χ3n) is 11.2. The Morgan fingerprint density at radius 1 is 0.881 bits per heavy atom. The lowest BCUT2D eigenvalue weighted by Crippen LogP contribution is -2.54. The van der Waals surface area contributed by atoms with Gasteiger partial charge in [-0.3, -0.25) is 13.7 Å². The minimum Gasteiger partial charge on any atom is -0.264 e. The summed E-state index contributed by atoms with van der Waals surface area (Å²) in [4.78, 5) is 0. The van der Waals surface area contributed by atoms with Gasteiger partial charge in [0.05, 0.1) is 6.61 Å². The standard InChI is InChI=1S/C27H46O12S3/c1-17(16-37-40(28,29)30)6-5-7-18(2)21-10-11-22-20-9-8-19-14-24(38-41(31,32)33)25(39-42(34,35)36)15-27(19,4)23(20)12-13-26(21,22)3/h8,17-18,20-25H,5-7,9-16H2,1-4H3,(H,28,29,30)(H,31,32,33)(H,34,35,36)/t17?,18-,20+,21-,22+,23+,24?,25?,26-,27+/m1/s1. The highest BCUT2D eigenvalue weighted by molar-refractivity contribution is 7.81. The zero-order valence-electron chi connectivity index (χ0n) is 24.7. The minimum absolute atomic E-state index is 0.0112. The highest BCUT2D eigenvalue weighted by Gasteiger charge is 2.60. The molecule has 0 aliphatic heterocycles. The molecular formula is C27H46O12S3. The molecule has 3 N–H and O–H groups in total. The summed E-state index contributed by atoms with van der Waals surface area (Å²) >= 11 is 0. The second-order valence-electron chi connectivity index (χ2n) is 13.7. The molecule has 12 nitrogen and oxygen atoms in total. The van der Waals surface area contributed by atoms with E-state index < -0.39 is 48.8 Å². The van der Waals surface area contributed by atoms with E-state index in [9.17, 15) is 34.4 Å². The van der Waals surface area contributed by atoms with E-state index in [1.165, 1.54) is 0 Å². The Morgan fingerprint density at radius 3 is 2.14 bits per heavy atom. The molecule has 42 heavy (non-hydrogen) atoms. The molecule has 3 fully saturated rings. The Kier molecular flexibility index (Phi) is 10.0. The summed E-state index contributed by atoms with van der Waals surface area (Å²) in [5, 5.41) is 0. The molecule has 0 spiro atoms. The van der Waals surface area contributed by atoms with Crippen molar-refractivity contribution in [2.75, 3.05) is 6.61 Å². The molecule has 0 saturated heterocycles. The quantitative estimate of drug-likeness (QED) is 0.192. The normalized spacial score (nSPS) is 38.6. The Hall–Kier alpha value is -0.650. The Labute approximate surface area is 250 Å². The second kappa shape index (κ2) is 12.3. The van der Waals surface area contributed by atoms with Crippen LogP contribution in [0.1, 0.15) is 91.9 Å². The van der Waals surface area contributed by atoms with Gasteiger partial charge in [0, 0.05) is 0 Å². The smallest absolute Gasteiger partial charge is 0.264 e. The first-order chi connectivity index (χ1) is 19.2. The van der Waals surface area contributed by atoms with Gasteiger partial charge in [-0.15, -0.1) is 0 Å². The van der Waals surface area contributed by atoms with Crippen LogP contribution in [0.5, 0.6) is 0 Å². The largest absolute Gasteiger partial charge is 0.397 e. The first-order valence-electron chi connectivity index (χ1n) is 14.8. The maximum absolute atomic E-state index is 11.6. The molecule has 4 aliphatic rings. The van der Waals surface area contributed by atoms with Gasteiger partial charge in [-0.1, -0.05) is 52.2 Å². The van der Waals surface area contributed by atoms with Crippen LogP contribution in [0, 0.1) is 46.3 Å². The Morgan fingerprint density at radius 2 is 1.52 bits per heavy atom. The van der Waals surface area contributed by atoms with Crippen molar-refractivity contribution < 1.29 is 51.5 Å². The monoisotopic (exact) mass is 658 g/mol. The van der Waals surface area contributed by atoms with E-state index >= 15 is 0 Å². The molecule has 0 bridgehead atoms. The predicted molar refractivity (Wildman–Crippen MR) is 153 cm³/mol. The average molecular weight is 659 g/mol. The predicted octanol–water partition coefficient (Wildman–Crippen LogP) is 4.81. The maximum Gasteiger partial charge on any atom is 0.397 e. The minimum atomic E-state index is -4.89. The first kappa shape index (κ1) is 34.2. The summed E-state index contributed by atoms with van der Waals surface area (Å²) in [5.74, 6) is 2.12. The van der Waals surface area contributed by atoms with Crippen molar-refractivity contribution in [1.29, 1.82) is 0 Å². The molecule has 0 aromatic rings. The van der Waals surface area contributed by atoms with Gasteiger partial charge in [0.2, 0.25) is 0 Å². The van der Waals surface area contributed by atoms with Crippen molar-refractivity contribution in [2.45, 2.75) is 104 Å². The molecule has 3 unspecified atom stereocenters. The van der Waals surface area contributed by atoms with Gasteiger partial charge in [-0.2, -0.15) is 25.3 Å². The fourth-order valence-corrected chi connectivity index (χ4v) is 10.8. The Balaban J connectivity index is 1.45. The molecule has 3 saturated carbocycles. The number of fused-ring (bicyclic) bond motifs is 5. The van der Waals surface area contributed by atoms with E-state index in [4.69, 9.17) is 12.9 Å². The molecule has 4 aliphatic carbocycles. The molecule has 0 amide bonds. The lowest BCUT2D eigenvalue weighted by atomic mass is 9.46. The van der Waals surface area contributed by atoms with Crippen molar-refractivity contribution >= 4 is 31.2 Å².